The van der Waals surface area contributed by atoms with Crippen LogP contribution in [0.1, 0.15) is 5.56 Å². The lowest BCUT2D eigenvalue weighted by atomic mass is 10.3. The van der Waals surface area contributed by atoms with Gasteiger partial charge in [-0.15, -0.1) is 11.6 Å². The van der Waals surface area contributed by atoms with Crippen molar-refractivity contribution >= 4 is 21.4 Å². The Morgan fingerprint density at radius 1 is 1.21 bits per heavy atom. The van der Waals surface area contributed by atoms with Crippen LogP contribution in [0.15, 0.2) is 47.6 Å². The number of ether oxygens (including phenoxy) is 1. The molecule has 4 nitrogen and oxygen atoms in total. The van der Waals surface area contributed by atoms with Gasteiger partial charge < -0.3 is 4.74 Å². The third-order valence-corrected chi connectivity index (χ3v) is 3.91. The van der Waals surface area contributed by atoms with Crippen molar-refractivity contribution in [2.24, 2.45) is 0 Å². The Morgan fingerprint density at radius 3 is 2.47 bits per heavy atom. The number of halogens is 1. The highest BCUT2D eigenvalue weighted by Crippen LogP contribution is 2.26. The number of aromatic nitrogens is 1. The van der Waals surface area contributed by atoms with Crippen LogP contribution in [0.2, 0.25) is 0 Å². The van der Waals surface area contributed by atoms with Gasteiger partial charge in [-0.2, -0.15) is 0 Å². The van der Waals surface area contributed by atoms with E-state index >= 15 is 0 Å². The van der Waals surface area contributed by atoms with Crippen LogP contribution in [0.3, 0.4) is 0 Å². The Hall–Kier alpha value is -1.59. The van der Waals surface area contributed by atoms with E-state index in [2.05, 4.69) is 4.98 Å². The lowest BCUT2D eigenvalue weighted by molar-refractivity contribution is 0.475. The molecule has 0 aliphatic rings. The van der Waals surface area contributed by atoms with Gasteiger partial charge in [0.05, 0.1) is 17.0 Å². The van der Waals surface area contributed by atoms with Crippen LogP contribution < -0.4 is 4.74 Å². The van der Waals surface area contributed by atoms with Crippen LogP contribution in [0.4, 0.5) is 0 Å². The SMILES string of the molecule is CS(=O)(=O)c1ccc(Oc2cnccc2CCl)cc1. The summed E-state index contributed by atoms with van der Waals surface area (Å²) in [5.74, 6) is 1.41. The van der Waals surface area contributed by atoms with Gasteiger partial charge in [0.1, 0.15) is 11.5 Å². The fourth-order valence-corrected chi connectivity index (χ4v) is 2.34. The highest BCUT2D eigenvalue weighted by molar-refractivity contribution is 7.90. The third kappa shape index (κ3) is 3.45. The van der Waals surface area contributed by atoms with E-state index in [1.54, 1.807) is 30.6 Å². The van der Waals surface area contributed by atoms with Gasteiger partial charge in [-0.25, -0.2) is 8.42 Å². The Morgan fingerprint density at radius 2 is 1.89 bits per heavy atom. The molecule has 0 amide bonds. The lowest BCUT2D eigenvalue weighted by Gasteiger charge is -2.09. The van der Waals surface area contributed by atoms with E-state index in [-0.39, 0.29) is 4.90 Å². The molecule has 0 radical (unpaired) electrons. The minimum Gasteiger partial charge on any atom is -0.455 e. The molecular formula is C13H12ClNO3S. The van der Waals surface area contributed by atoms with Crippen LogP contribution in [0, 0.1) is 0 Å². The number of sulfone groups is 1. The summed E-state index contributed by atoms with van der Waals surface area (Å²) in [7, 11) is -3.19. The maximum Gasteiger partial charge on any atom is 0.175 e. The second-order valence-corrected chi connectivity index (χ2v) is 6.25. The van der Waals surface area contributed by atoms with Gasteiger partial charge >= 0.3 is 0 Å². The highest BCUT2D eigenvalue weighted by atomic mass is 35.5. The average molecular weight is 298 g/mol. The van der Waals surface area contributed by atoms with E-state index in [4.69, 9.17) is 16.3 Å². The fraction of sp³-hybridized carbons (Fsp3) is 0.154. The summed E-state index contributed by atoms with van der Waals surface area (Å²) in [6, 6.07) is 7.97. The largest absolute Gasteiger partial charge is 0.455 e. The summed E-state index contributed by atoms with van der Waals surface area (Å²) in [6.07, 6.45) is 4.37. The summed E-state index contributed by atoms with van der Waals surface area (Å²) in [5.41, 5.74) is 0.823. The molecular weight excluding hydrogens is 286 g/mol. The van der Waals surface area contributed by atoms with Gasteiger partial charge in [-0.3, -0.25) is 4.98 Å². The van der Waals surface area contributed by atoms with E-state index in [0.717, 1.165) is 11.8 Å². The molecule has 0 fully saturated rings. The zero-order chi connectivity index (χ0) is 13.9. The average Bonchev–Trinajstić information content (AvgIpc) is 2.39. The first-order valence-corrected chi connectivity index (χ1v) is 7.90. The molecule has 1 heterocycles. The van der Waals surface area contributed by atoms with E-state index in [1.165, 1.54) is 12.1 Å². The molecule has 100 valence electrons. The first-order chi connectivity index (χ1) is 9.00. The summed E-state index contributed by atoms with van der Waals surface area (Å²) in [5, 5.41) is 0. The Kier molecular flexibility index (Phi) is 4.07. The molecule has 1 aromatic carbocycles. The van der Waals surface area contributed by atoms with Crippen LogP contribution in [-0.4, -0.2) is 19.7 Å². The van der Waals surface area contributed by atoms with Crippen LogP contribution in [0.5, 0.6) is 11.5 Å². The van der Waals surface area contributed by atoms with Crippen molar-refractivity contribution < 1.29 is 13.2 Å². The molecule has 0 aliphatic carbocycles. The number of hydrogen-bond donors (Lipinski definition) is 0. The van der Waals surface area contributed by atoms with Gasteiger partial charge in [0.25, 0.3) is 0 Å². The van der Waals surface area contributed by atoms with Gasteiger partial charge in [0.2, 0.25) is 0 Å². The van der Waals surface area contributed by atoms with E-state index in [0.29, 0.717) is 17.4 Å². The lowest BCUT2D eigenvalue weighted by Crippen LogP contribution is -1.96. The normalized spacial score (nSPS) is 11.3. The second kappa shape index (κ2) is 5.59. The number of rotatable bonds is 4. The molecule has 1 aromatic heterocycles. The van der Waals surface area contributed by atoms with Crippen molar-refractivity contribution in [1.29, 1.82) is 0 Å². The number of pyridine rings is 1. The van der Waals surface area contributed by atoms with Crippen LogP contribution >= 0.6 is 11.6 Å². The quantitative estimate of drug-likeness (QED) is 0.814. The van der Waals surface area contributed by atoms with Crippen molar-refractivity contribution in [3.8, 4) is 11.5 Å². The first kappa shape index (κ1) is 13.8. The van der Waals surface area contributed by atoms with Crippen LogP contribution in [-0.2, 0) is 15.7 Å². The smallest absolute Gasteiger partial charge is 0.175 e. The second-order valence-electron chi connectivity index (χ2n) is 3.96. The van der Waals surface area contributed by atoms with Crippen molar-refractivity contribution in [3.05, 3.63) is 48.3 Å². The Bertz CT molecular complexity index is 669. The van der Waals surface area contributed by atoms with Gasteiger partial charge in [-0.1, -0.05) is 0 Å². The highest BCUT2D eigenvalue weighted by Gasteiger charge is 2.08. The molecule has 0 N–H and O–H groups in total. The molecule has 6 heteroatoms. The minimum atomic E-state index is -3.19. The molecule has 0 unspecified atom stereocenters. The molecule has 19 heavy (non-hydrogen) atoms. The topological polar surface area (TPSA) is 56.3 Å². The summed E-state index contributed by atoms with van der Waals surface area (Å²) in [4.78, 5) is 4.22. The number of nitrogens with zero attached hydrogens (tertiary/aromatic N) is 1. The predicted molar refractivity (Wildman–Crippen MR) is 73.4 cm³/mol. The molecule has 0 spiro atoms. The van der Waals surface area contributed by atoms with Crippen molar-refractivity contribution in [2.45, 2.75) is 10.8 Å². The van der Waals surface area contributed by atoms with Gasteiger partial charge in [0, 0.05) is 18.0 Å². The van der Waals surface area contributed by atoms with Gasteiger partial charge in [0.15, 0.2) is 9.84 Å². The molecule has 0 bridgehead atoms. The molecule has 0 aliphatic heterocycles. The molecule has 0 atom stereocenters. The zero-order valence-corrected chi connectivity index (χ0v) is 11.8. The monoisotopic (exact) mass is 297 g/mol. The predicted octanol–water partition coefficient (Wildman–Crippen LogP) is 3.02. The minimum absolute atomic E-state index is 0.253. The first-order valence-electron chi connectivity index (χ1n) is 5.47. The van der Waals surface area contributed by atoms with Crippen molar-refractivity contribution in [1.82, 2.24) is 4.98 Å². The summed E-state index contributed by atoms with van der Waals surface area (Å²) < 4.78 is 28.3. The maximum atomic E-state index is 11.3. The maximum absolute atomic E-state index is 11.3. The number of alkyl halides is 1. The van der Waals surface area contributed by atoms with E-state index < -0.39 is 9.84 Å². The van der Waals surface area contributed by atoms with E-state index in [1.807, 2.05) is 0 Å². The zero-order valence-electron chi connectivity index (χ0n) is 10.2. The van der Waals surface area contributed by atoms with E-state index in [9.17, 15) is 8.42 Å². The standard InChI is InChI=1S/C13H12ClNO3S/c1-19(16,17)12-4-2-11(3-5-12)18-13-9-15-7-6-10(13)8-14/h2-7,9H,8H2,1H3. The summed E-state index contributed by atoms with van der Waals surface area (Å²) >= 11 is 5.80. The van der Waals surface area contributed by atoms with Gasteiger partial charge in [-0.05, 0) is 30.3 Å². The van der Waals surface area contributed by atoms with Crippen molar-refractivity contribution in [3.63, 3.8) is 0 Å². The summed E-state index contributed by atoms with van der Waals surface area (Å²) in [6.45, 7) is 0. The Labute approximate surface area is 116 Å². The van der Waals surface area contributed by atoms with Crippen molar-refractivity contribution in [2.75, 3.05) is 6.26 Å². The number of benzene rings is 1. The molecule has 2 rings (SSSR count). The molecule has 0 saturated carbocycles. The number of hydrogen-bond acceptors (Lipinski definition) is 4. The fourth-order valence-electron chi connectivity index (χ4n) is 1.49. The Balaban J connectivity index is 2.25. The van der Waals surface area contributed by atoms with Crippen LogP contribution in [0.25, 0.3) is 0 Å². The molecule has 2 aromatic rings. The molecule has 0 saturated heterocycles. The third-order valence-electron chi connectivity index (χ3n) is 2.49.